The first kappa shape index (κ1) is 25.5. The van der Waals surface area contributed by atoms with Crippen molar-refractivity contribution in [3.63, 3.8) is 0 Å². The van der Waals surface area contributed by atoms with E-state index < -0.39 is 22.0 Å². The van der Waals surface area contributed by atoms with Crippen LogP contribution in [0.4, 0.5) is 5.69 Å². The summed E-state index contributed by atoms with van der Waals surface area (Å²) in [6, 6.07) is 19.1. The summed E-state index contributed by atoms with van der Waals surface area (Å²) >= 11 is 0. The molecular weight excluding hydrogens is 448 g/mol. The van der Waals surface area contributed by atoms with Gasteiger partial charge in [0.05, 0.1) is 7.11 Å². The van der Waals surface area contributed by atoms with Crippen LogP contribution in [0.1, 0.15) is 42.0 Å². The third-order valence-corrected chi connectivity index (χ3v) is 7.17. The number of nitrogens with one attached hydrogen (secondary N) is 2. The number of rotatable bonds is 9. The molecule has 3 aromatic carbocycles. The minimum absolute atomic E-state index is 0.000349. The molecule has 0 bridgehead atoms. The molecule has 0 aliphatic heterocycles. The molecule has 0 unspecified atom stereocenters. The number of amides is 1. The van der Waals surface area contributed by atoms with Gasteiger partial charge < -0.3 is 10.1 Å². The summed E-state index contributed by atoms with van der Waals surface area (Å²) in [4.78, 5) is 13.5. The molecule has 3 aromatic rings. The summed E-state index contributed by atoms with van der Waals surface area (Å²) in [7, 11) is -2.63. The molecule has 0 spiro atoms. The van der Waals surface area contributed by atoms with Crippen molar-refractivity contribution >= 4 is 21.6 Å². The number of aryl methyl sites for hydroxylation is 2. The van der Waals surface area contributed by atoms with E-state index in [-0.39, 0.29) is 23.0 Å². The molecule has 0 aromatic heterocycles. The number of carbonyl (C=O) groups excluding carboxylic acids is 1. The van der Waals surface area contributed by atoms with Crippen LogP contribution in [0.5, 0.6) is 5.75 Å². The summed E-state index contributed by atoms with van der Waals surface area (Å²) in [6.45, 7) is 7.84. The van der Waals surface area contributed by atoms with E-state index in [1.54, 1.807) is 19.1 Å². The number of para-hydroxylation sites is 1. The zero-order chi connectivity index (χ0) is 24.9. The van der Waals surface area contributed by atoms with E-state index in [1.165, 1.54) is 13.2 Å². The van der Waals surface area contributed by atoms with E-state index in [4.69, 9.17) is 4.74 Å². The minimum atomic E-state index is -4.05. The van der Waals surface area contributed by atoms with Crippen LogP contribution in [0, 0.1) is 13.8 Å². The van der Waals surface area contributed by atoms with Gasteiger partial charge in [-0.05, 0) is 60.6 Å². The first-order valence-electron chi connectivity index (χ1n) is 11.2. The maximum atomic E-state index is 13.5. The second-order valence-corrected chi connectivity index (χ2v) is 10.4. The summed E-state index contributed by atoms with van der Waals surface area (Å²) in [5.74, 6) is -0.00997. The van der Waals surface area contributed by atoms with Gasteiger partial charge in [-0.3, -0.25) is 4.79 Å². The lowest BCUT2D eigenvalue weighted by molar-refractivity contribution is -0.117. The monoisotopic (exact) mass is 480 g/mol. The van der Waals surface area contributed by atoms with E-state index in [9.17, 15) is 13.2 Å². The minimum Gasteiger partial charge on any atom is -0.495 e. The predicted molar refractivity (Wildman–Crippen MR) is 136 cm³/mol. The Labute approximate surface area is 202 Å². The average molecular weight is 481 g/mol. The Morgan fingerprint density at radius 1 is 0.971 bits per heavy atom. The van der Waals surface area contributed by atoms with Crippen molar-refractivity contribution in [2.24, 2.45) is 0 Å². The van der Waals surface area contributed by atoms with Gasteiger partial charge >= 0.3 is 0 Å². The van der Waals surface area contributed by atoms with Crippen LogP contribution in [-0.2, 0) is 21.2 Å². The van der Waals surface area contributed by atoms with Gasteiger partial charge in [0.2, 0.25) is 15.9 Å². The molecule has 7 heteroatoms. The highest BCUT2D eigenvalue weighted by Gasteiger charge is 2.29. The highest BCUT2D eigenvalue weighted by molar-refractivity contribution is 7.89. The fourth-order valence-corrected chi connectivity index (χ4v) is 5.28. The van der Waals surface area contributed by atoms with E-state index >= 15 is 0 Å². The van der Waals surface area contributed by atoms with Gasteiger partial charge in [0.1, 0.15) is 16.7 Å². The van der Waals surface area contributed by atoms with Crippen molar-refractivity contribution in [2.45, 2.75) is 51.0 Å². The zero-order valence-electron chi connectivity index (χ0n) is 20.3. The summed E-state index contributed by atoms with van der Waals surface area (Å²) in [6.07, 6.45) is 0.197. The Kier molecular flexibility index (Phi) is 8.12. The summed E-state index contributed by atoms with van der Waals surface area (Å²) < 4.78 is 34.7. The lowest BCUT2D eigenvalue weighted by atomic mass is 9.97. The number of ether oxygens (including phenoxy) is 1. The third-order valence-electron chi connectivity index (χ3n) is 5.68. The number of hydrogen-bond donors (Lipinski definition) is 2. The molecule has 1 atom stereocenters. The van der Waals surface area contributed by atoms with Crippen LogP contribution in [-0.4, -0.2) is 27.5 Å². The fraction of sp³-hybridized carbons (Fsp3) is 0.296. The standard InChI is InChI=1S/C27H32N2O4S/c1-18(2)22-13-9-10-20(4)26(22)28-27(30)23(17-21-11-7-6-8-12-21)29-34(31,32)25-16-19(3)14-15-24(25)33-5/h6-16,18,23,29H,17H2,1-5H3,(H,28,30)/t23-/m1/s1. The van der Waals surface area contributed by atoms with Crippen LogP contribution in [0.25, 0.3) is 0 Å². The van der Waals surface area contributed by atoms with Gasteiger partial charge in [-0.1, -0.05) is 68.4 Å². The van der Waals surface area contributed by atoms with Crippen molar-refractivity contribution < 1.29 is 17.9 Å². The topological polar surface area (TPSA) is 84.5 Å². The van der Waals surface area contributed by atoms with Gasteiger partial charge in [0.15, 0.2) is 0 Å². The van der Waals surface area contributed by atoms with E-state index in [1.807, 2.05) is 55.5 Å². The van der Waals surface area contributed by atoms with Crippen LogP contribution in [0.3, 0.4) is 0 Å². The molecule has 0 saturated carbocycles. The number of methoxy groups -OCH3 is 1. The van der Waals surface area contributed by atoms with Crippen molar-refractivity contribution in [1.29, 1.82) is 0 Å². The van der Waals surface area contributed by atoms with Gasteiger partial charge in [-0.25, -0.2) is 8.42 Å². The van der Waals surface area contributed by atoms with Gasteiger partial charge in [-0.2, -0.15) is 4.72 Å². The molecular formula is C27H32N2O4S. The number of benzene rings is 3. The molecule has 0 fully saturated rings. The highest BCUT2D eigenvalue weighted by Crippen LogP contribution is 2.28. The Hall–Kier alpha value is -3.16. The van der Waals surface area contributed by atoms with Crippen LogP contribution in [0.2, 0.25) is 0 Å². The Bertz CT molecular complexity index is 1250. The second kappa shape index (κ2) is 10.8. The van der Waals surface area contributed by atoms with E-state index in [2.05, 4.69) is 23.9 Å². The van der Waals surface area contributed by atoms with Gasteiger partial charge in [0.25, 0.3) is 0 Å². The largest absolute Gasteiger partial charge is 0.495 e. The number of carbonyl (C=O) groups is 1. The highest BCUT2D eigenvalue weighted by atomic mass is 32.2. The molecule has 6 nitrogen and oxygen atoms in total. The van der Waals surface area contributed by atoms with Crippen LogP contribution in [0.15, 0.2) is 71.6 Å². The molecule has 2 N–H and O–H groups in total. The average Bonchev–Trinajstić information content (AvgIpc) is 2.80. The predicted octanol–water partition coefficient (Wildman–Crippen LogP) is 4.96. The fourth-order valence-electron chi connectivity index (χ4n) is 3.84. The molecule has 0 radical (unpaired) electrons. The van der Waals surface area contributed by atoms with E-state index in [0.29, 0.717) is 5.69 Å². The molecule has 0 saturated heterocycles. The molecule has 180 valence electrons. The van der Waals surface area contributed by atoms with Crippen molar-refractivity contribution in [2.75, 3.05) is 12.4 Å². The van der Waals surface area contributed by atoms with E-state index in [0.717, 1.165) is 22.3 Å². The van der Waals surface area contributed by atoms with Gasteiger partial charge in [-0.15, -0.1) is 0 Å². The Morgan fingerprint density at radius 2 is 1.68 bits per heavy atom. The lowest BCUT2D eigenvalue weighted by Crippen LogP contribution is -2.45. The second-order valence-electron chi connectivity index (χ2n) is 8.70. The Balaban J connectivity index is 1.98. The summed E-state index contributed by atoms with van der Waals surface area (Å²) in [5.41, 5.74) is 4.24. The molecule has 34 heavy (non-hydrogen) atoms. The first-order valence-corrected chi connectivity index (χ1v) is 12.7. The van der Waals surface area contributed by atoms with Crippen LogP contribution < -0.4 is 14.8 Å². The Morgan fingerprint density at radius 3 is 2.32 bits per heavy atom. The van der Waals surface area contributed by atoms with Crippen molar-refractivity contribution in [3.05, 3.63) is 89.0 Å². The van der Waals surface area contributed by atoms with Crippen molar-refractivity contribution in [1.82, 2.24) is 4.72 Å². The molecule has 3 rings (SSSR count). The third kappa shape index (κ3) is 6.04. The molecule has 0 heterocycles. The van der Waals surface area contributed by atoms with Gasteiger partial charge in [0, 0.05) is 5.69 Å². The maximum absolute atomic E-state index is 13.5. The molecule has 1 amide bonds. The number of sulfonamides is 1. The maximum Gasteiger partial charge on any atom is 0.245 e. The number of anilines is 1. The summed E-state index contributed by atoms with van der Waals surface area (Å²) in [5, 5.41) is 3.00. The normalized spacial score (nSPS) is 12.4. The molecule has 0 aliphatic carbocycles. The lowest BCUT2D eigenvalue weighted by Gasteiger charge is -2.22. The smallest absolute Gasteiger partial charge is 0.245 e. The number of hydrogen-bond acceptors (Lipinski definition) is 4. The van der Waals surface area contributed by atoms with Crippen molar-refractivity contribution in [3.8, 4) is 5.75 Å². The molecule has 0 aliphatic rings. The first-order chi connectivity index (χ1) is 16.1. The SMILES string of the molecule is COc1ccc(C)cc1S(=O)(=O)N[C@H](Cc1ccccc1)C(=O)Nc1c(C)cccc1C(C)C. The quantitative estimate of drug-likeness (QED) is 0.453. The zero-order valence-corrected chi connectivity index (χ0v) is 21.1. The van der Waals surface area contributed by atoms with Crippen LogP contribution >= 0.6 is 0 Å².